The first-order valence-corrected chi connectivity index (χ1v) is 7.29. The predicted molar refractivity (Wildman–Crippen MR) is 81.3 cm³/mol. The number of aromatic nitrogens is 2. The summed E-state index contributed by atoms with van der Waals surface area (Å²) in [6, 6.07) is 11.8. The van der Waals surface area contributed by atoms with E-state index in [0.29, 0.717) is 24.1 Å². The summed E-state index contributed by atoms with van der Waals surface area (Å²) in [5.74, 6) is 1.57. The first kappa shape index (κ1) is 14.0. The van der Waals surface area contributed by atoms with Crippen LogP contribution in [0, 0.1) is 0 Å². The molecule has 3 aromatic rings. The van der Waals surface area contributed by atoms with Gasteiger partial charge in [-0.25, -0.2) is 0 Å². The maximum atomic E-state index is 5.59. The molecule has 0 N–H and O–H groups in total. The third kappa shape index (κ3) is 3.59. The summed E-state index contributed by atoms with van der Waals surface area (Å²) in [6.45, 7) is 1.40. The molecule has 2 aromatic heterocycles. The van der Waals surface area contributed by atoms with Gasteiger partial charge >= 0.3 is 0 Å². The number of hydrogen-bond donors (Lipinski definition) is 0. The number of hydrogen-bond acceptors (Lipinski definition) is 5. The first-order valence-electron chi connectivity index (χ1n) is 6.50. The quantitative estimate of drug-likeness (QED) is 0.703. The number of rotatable bonds is 5. The average Bonchev–Trinajstić information content (AvgIpc) is 3.12. The molecule has 0 aliphatic rings. The van der Waals surface area contributed by atoms with Crippen molar-refractivity contribution in [2.24, 2.45) is 0 Å². The van der Waals surface area contributed by atoms with Gasteiger partial charge in [0.15, 0.2) is 5.76 Å². The fraction of sp³-hybridized carbons (Fsp3) is 0.200. The lowest BCUT2D eigenvalue weighted by atomic mass is 10.2. The molecule has 5 nitrogen and oxygen atoms in total. The Bertz CT molecular complexity index is 692. The van der Waals surface area contributed by atoms with Gasteiger partial charge in [0.05, 0.1) is 12.8 Å². The number of furan rings is 1. The van der Waals surface area contributed by atoms with Crippen LogP contribution in [0.1, 0.15) is 11.5 Å². The molecule has 21 heavy (non-hydrogen) atoms. The highest BCUT2D eigenvalue weighted by atomic mass is 79.9. The molecule has 0 unspecified atom stereocenters. The number of benzene rings is 1. The van der Waals surface area contributed by atoms with Crippen molar-refractivity contribution in [1.29, 1.82) is 0 Å². The van der Waals surface area contributed by atoms with Crippen LogP contribution in [0.15, 0.2) is 56.0 Å². The second-order valence-electron chi connectivity index (χ2n) is 4.78. The van der Waals surface area contributed by atoms with Crippen molar-refractivity contribution in [2.45, 2.75) is 13.1 Å². The van der Waals surface area contributed by atoms with Gasteiger partial charge in [0.2, 0.25) is 5.89 Å². The van der Waals surface area contributed by atoms with Crippen molar-refractivity contribution in [1.82, 2.24) is 15.1 Å². The Labute approximate surface area is 130 Å². The van der Waals surface area contributed by atoms with Crippen molar-refractivity contribution in [3.8, 4) is 11.7 Å². The van der Waals surface area contributed by atoms with Crippen molar-refractivity contribution >= 4 is 15.9 Å². The van der Waals surface area contributed by atoms with Gasteiger partial charge in [0.1, 0.15) is 0 Å². The van der Waals surface area contributed by atoms with E-state index in [4.69, 9.17) is 8.83 Å². The Morgan fingerprint density at radius 1 is 1.10 bits per heavy atom. The Hall–Kier alpha value is -1.92. The standard InChI is InChI=1S/C15H14BrN3O2/c1-19(9-11-4-6-12(16)7-5-11)10-14-17-18-15(21-14)13-3-2-8-20-13/h2-8H,9-10H2,1H3. The van der Waals surface area contributed by atoms with Gasteiger partial charge < -0.3 is 8.83 Å². The van der Waals surface area contributed by atoms with Gasteiger partial charge in [-0.15, -0.1) is 10.2 Å². The summed E-state index contributed by atoms with van der Waals surface area (Å²) in [5.41, 5.74) is 1.23. The van der Waals surface area contributed by atoms with Crippen molar-refractivity contribution < 1.29 is 8.83 Å². The summed E-state index contributed by atoms with van der Waals surface area (Å²) in [5, 5.41) is 8.03. The van der Waals surface area contributed by atoms with Gasteiger partial charge in [0, 0.05) is 11.0 Å². The largest absolute Gasteiger partial charge is 0.459 e. The molecule has 0 amide bonds. The van der Waals surface area contributed by atoms with Gasteiger partial charge in [-0.05, 0) is 36.9 Å². The zero-order valence-corrected chi connectivity index (χ0v) is 13.1. The molecule has 3 rings (SSSR count). The van der Waals surface area contributed by atoms with E-state index < -0.39 is 0 Å². The Morgan fingerprint density at radius 3 is 2.62 bits per heavy atom. The monoisotopic (exact) mass is 347 g/mol. The molecule has 0 radical (unpaired) electrons. The van der Waals surface area contributed by atoms with Gasteiger partial charge in [-0.3, -0.25) is 4.90 Å². The lowest BCUT2D eigenvalue weighted by Crippen LogP contribution is -2.17. The summed E-state index contributed by atoms with van der Waals surface area (Å²) < 4.78 is 11.9. The second kappa shape index (κ2) is 6.24. The second-order valence-corrected chi connectivity index (χ2v) is 5.69. The van der Waals surface area contributed by atoms with E-state index >= 15 is 0 Å². The van der Waals surface area contributed by atoms with Gasteiger partial charge in [-0.1, -0.05) is 28.1 Å². The highest BCUT2D eigenvalue weighted by molar-refractivity contribution is 9.10. The van der Waals surface area contributed by atoms with E-state index in [1.807, 2.05) is 19.2 Å². The minimum atomic E-state index is 0.409. The minimum Gasteiger partial charge on any atom is -0.459 e. The third-order valence-electron chi connectivity index (χ3n) is 2.97. The summed E-state index contributed by atoms with van der Waals surface area (Å²) in [4.78, 5) is 2.11. The summed E-state index contributed by atoms with van der Waals surface area (Å²) >= 11 is 3.43. The molecule has 0 aliphatic carbocycles. The topological polar surface area (TPSA) is 55.3 Å². The molecule has 2 heterocycles. The molecule has 6 heteroatoms. The van der Waals surface area contributed by atoms with Crippen LogP contribution in [-0.2, 0) is 13.1 Å². The Balaban J connectivity index is 1.62. The number of nitrogens with zero attached hydrogens (tertiary/aromatic N) is 3. The molecule has 0 atom stereocenters. The van der Waals surface area contributed by atoms with Crippen LogP contribution in [-0.4, -0.2) is 22.1 Å². The summed E-state index contributed by atoms with van der Waals surface area (Å²) in [7, 11) is 2.01. The zero-order valence-electron chi connectivity index (χ0n) is 11.5. The normalized spacial score (nSPS) is 11.2. The lowest BCUT2D eigenvalue weighted by Gasteiger charge is -2.14. The molecule has 0 saturated carbocycles. The fourth-order valence-electron chi connectivity index (χ4n) is 2.01. The molecule has 0 saturated heterocycles. The fourth-order valence-corrected chi connectivity index (χ4v) is 2.27. The first-order chi connectivity index (χ1) is 10.2. The molecule has 108 valence electrons. The molecular formula is C15H14BrN3O2. The average molecular weight is 348 g/mol. The van der Waals surface area contributed by atoms with Crippen LogP contribution in [0.5, 0.6) is 0 Å². The van der Waals surface area contributed by atoms with Crippen LogP contribution in [0.2, 0.25) is 0 Å². The third-order valence-corrected chi connectivity index (χ3v) is 3.50. The Morgan fingerprint density at radius 2 is 1.90 bits per heavy atom. The minimum absolute atomic E-state index is 0.409. The van der Waals surface area contributed by atoms with E-state index in [1.54, 1.807) is 18.4 Å². The molecule has 0 spiro atoms. The number of halogens is 1. The maximum absolute atomic E-state index is 5.59. The van der Waals surface area contributed by atoms with E-state index in [2.05, 4.69) is 43.2 Å². The van der Waals surface area contributed by atoms with E-state index in [9.17, 15) is 0 Å². The Kier molecular flexibility index (Phi) is 4.17. The van der Waals surface area contributed by atoms with Gasteiger partial charge in [-0.2, -0.15) is 0 Å². The molecular weight excluding hydrogens is 334 g/mol. The van der Waals surface area contributed by atoms with E-state index in [1.165, 1.54) is 5.56 Å². The van der Waals surface area contributed by atoms with Crippen molar-refractivity contribution in [3.63, 3.8) is 0 Å². The van der Waals surface area contributed by atoms with Crippen LogP contribution in [0.25, 0.3) is 11.7 Å². The molecule has 0 aliphatic heterocycles. The molecule has 0 fully saturated rings. The zero-order chi connectivity index (χ0) is 14.7. The SMILES string of the molecule is CN(Cc1ccc(Br)cc1)Cc1nnc(-c2ccco2)o1. The smallest absolute Gasteiger partial charge is 0.283 e. The molecule has 0 bridgehead atoms. The highest BCUT2D eigenvalue weighted by Gasteiger charge is 2.12. The van der Waals surface area contributed by atoms with Crippen LogP contribution in [0.3, 0.4) is 0 Å². The van der Waals surface area contributed by atoms with Crippen LogP contribution in [0.4, 0.5) is 0 Å². The predicted octanol–water partition coefficient (Wildman–Crippen LogP) is 3.72. The molecule has 1 aromatic carbocycles. The van der Waals surface area contributed by atoms with Crippen LogP contribution >= 0.6 is 15.9 Å². The highest BCUT2D eigenvalue weighted by Crippen LogP contribution is 2.19. The van der Waals surface area contributed by atoms with Crippen molar-refractivity contribution in [3.05, 3.63) is 58.6 Å². The maximum Gasteiger partial charge on any atom is 0.283 e. The van der Waals surface area contributed by atoms with Crippen LogP contribution < -0.4 is 0 Å². The van der Waals surface area contributed by atoms with Crippen molar-refractivity contribution in [2.75, 3.05) is 7.05 Å². The van der Waals surface area contributed by atoms with E-state index in [0.717, 1.165) is 11.0 Å². The lowest BCUT2D eigenvalue weighted by molar-refractivity contribution is 0.282. The van der Waals surface area contributed by atoms with Gasteiger partial charge in [0.25, 0.3) is 5.89 Å². The summed E-state index contributed by atoms with van der Waals surface area (Å²) in [6.07, 6.45) is 1.58. The van der Waals surface area contributed by atoms with E-state index in [-0.39, 0.29) is 0 Å².